The van der Waals surface area contributed by atoms with Crippen LogP contribution in [0.2, 0.25) is 0 Å². The molecule has 1 saturated heterocycles. The number of aliphatic hydroxyl groups is 1. The van der Waals surface area contributed by atoms with Gasteiger partial charge in [0.25, 0.3) is 5.34 Å². The second-order valence-corrected chi connectivity index (χ2v) is 6.47. The van der Waals surface area contributed by atoms with Gasteiger partial charge < -0.3 is 24.9 Å². The zero-order valence-electron chi connectivity index (χ0n) is 9.61. The predicted octanol–water partition coefficient (Wildman–Crippen LogP) is -0.331. The first-order valence-electron chi connectivity index (χ1n) is 5.37. The zero-order chi connectivity index (χ0) is 13.3. The van der Waals surface area contributed by atoms with Gasteiger partial charge >= 0.3 is 13.6 Å². The Balaban J connectivity index is 2.81. The summed E-state index contributed by atoms with van der Waals surface area (Å²) in [5.41, 5.74) is 0. The van der Waals surface area contributed by atoms with E-state index in [9.17, 15) is 14.5 Å². The molecule has 0 bridgehead atoms. The van der Waals surface area contributed by atoms with Crippen molar-refractivity contribution in [3.8, 4) is 0 Å². The molecule has 1 rings (SSSR count). The molecule has 1 aliphatic rings. The van der Waals surface area contributed by atoms with E-state index in [1.165, 1.54) is 0 Å². The molecule has 0 spiro atoms. The molecule has 17 heavy (non-hydrogen) atoms. The molecule has 100 valence electrons. The fourth-order valence-corrected chi connectivity index (χ4v) is 2.92. The summed E-state index contributed by atoms with van der Waals surface area (Å²) in [6, 6.07) is 0. The third-order valence-electron chi connectivity index (χ3n) is 3.12. The Morgan fingerprint density at radius 2 is 2.12 bits per heavy atom. The van der Waals surface area contributed by atoms with Gasteiger partial charge in [0.05, 0.1) is 0 Å². The van der Waals surface area contributed by atoms with Crippen molar-refractivity contribution in [1.82, 2.24) is 4.90 Å². The highest BCUT2D eigenvalue weighted by molar-refractivity contribution is 7.54. The van der Waals surface area contributed by atoms with Crippen LogP contribution in [0.15, 0.2) is 0 Å². The Bertz CT molecular complexity index is 342. The molecule has 0 aromatic carbocycles. The van der Waals surface area contributed by atoms with Crippen LogP contribution in [-0.4, -0.2) is 56.3 Å². The highest BCUT2D eigenvalue weighted by atomic mass is 31.2. The number of rotatable bonds is 4. The highest BCUT2D eigenvalue weighted by Crippen LogP contribution is 2.52. The van der Waals surface area contributed by atoms with E-state index in [0.29, 0.717) is 13.0 Å². The number of piperidine rings is 1. The van der Waals surface area contributed by atoms with Crippen LogP contribution in [-0.2, 0) is 9.36 Å². The van der Waals surface area contributed by atoms with Gasteiger partial charge in [-0.2, -0.15) is 0 Å². The Morgan fingerprint density at radius 3 is 2.53 bits per heavy atom. The van der Waals surface area contributed by atoms with E-state index in [1.54, 1.807) is 0 Å². The fourth-order valence-electron chi connectivity index (χ4n) is 2.17. The molecule has 1 fully saturated rings. The Labute approximate surface area is 99.2 Å². The largest absolute Gasteiger partial charge is 0.479 e. The molecule has 0 radical (unpaired) electrons. The molecular weight excluding hydrogens is 249 g/mol. The van der Waals surface area contributed by atoms with E-state index in [0.717, 1.165) is 13.0 Å². The van der Waals surface area contributed by atoms with Gasteiger partial charge in [-0.25, -0.2) is 4.79 Å². The fraction of sp³-hybridized carbons (Fsp3) is 0.889. The normalized spacial score (nSPS) is 26.5. The SMILES string of the molecule is CN1CCCC(CC(O)(C(=O)O)P(=O)(O)O)C1. The predicted molar refractivity (Wildman–Crippen MR) is 59.5 cm³/mol. The highest BCUT2D eigenvalue weighted by Gasteiger charge is 2.53. The molecule has 4 N–H and O–H groups in total. The minimum atomic E-state index is -5.09. The summed E-state index contributed by atoms with van der Waals surface area (Å²) in [5, 5.41) is 15.5. The standard InChI is InChI=1S/C9H18NO6P/c1-10-4-2-3-7(6-10)5-9(13,8(11)12)17(14,15)16/h7,13H,2-6H2,1H3,(H,11,12)(H2,14,15,16). The molecule has 0 aromatic heterocycles. The average Bonchev–Trinajstić information content (AvgIpc) is 2.15. The van der Waals surface area contributed by atoms with E-state index in [2.05, 4.69) is 0 Å². The van der Waals surface area contributed by atoms with E-state index >= 15 is 0 Å². The number of carboxylic acids is 1. The van der Waals surface area contributed by atoms with Crippen LogP contribution in [0, 0.1) is 5.92 Å². The Hall–Kier alpha value is -0.460. The van der Waals surface area contributed by atoms with E-state index in [1.807, 2.05) is 11.9 Å². The van der Waals surface area contributed by atoms with E-state index < -0.39 is 25.3 Å². The number of likely N-dealkylation sites (tertiary alicyclic amines) is 1. The lowest BCUT2D eigenvalue weighted by Gasteiger charge is -2.34. The number of hydrogen-bond donors (Lipinski definition) is 4. The molecule has 1 aliphatic heterocycles. The van der Waals surface area contributed by atoms with Gasteiger partial charge in [-0.05, 0) is 32.4 Å². The molecule has 8 heteroatoms. The third kappa shape index (κ3) is 3.26. The third-order valence-corrected chi connectivity index (χ3v) is 4.46. The summed E-state index contributed by atoms with van der Waals surface area (Å²) in [5.74, 6) is -2.08. The Kier molecular flexibility index (Phi) is 4.33. The molecule has 2 atom stereocenters. The molecule has 7 nitrogen and oxygen atoms in total. The van der Waals surface area contributed by atoms with Crippen molar-refractivity contribution in [3.63, 3.8) is 0 Å². The van der Waals surface area contributed by atoms with Crippen LogP contribution in [0.25, 0.3) is 0 Å². The molecule has 0 saturated carbocycles. The van der Waals surface area contributed by atoms with Crippen molar-refractivity contribution < 1.29 is 29.4 Å². The van der Waals surface area contributed by atoms with Crippen LogP contribution in [0.1, 0.15) is 19.3 Å². The minimum absolute atomic E-state index is 0.220. The molecule has 2 unspecified atom stereocenters. The number of carbonyl (C=O) groups is 1. The second kappa shape index (κ2) is 5.04. The first-order valence-corrected chi connectivity index (χ1v) is 6.98. The molecule has 0 amide bonds. The van der Waals surface area contributed by atoms with E-state index in [4.69, 9.17) is 14.9 Å². The van der Waals surface area contributed by atoms with Crippen LogP contribution in [0.5, 0.6) is 0 Å². The summed E-state index contributed by atoms with van der Waals surface area (Å²) in [6.45, 7) is 1.41. The lowest BCUT2D eigenvalue weighted by Crippen LogP contribution is -2.43. The summed E-state index contributed by atoms with van der Waals surface area (Å²) >= 11 is 0. The monoisotopic (exact) mass is 267 g/mol. The van der Waals surface area contributed by atoms with Crippen molar-refractivity contribution in [2.24, 2.45) is 5.92 Å². The number of nitrogens with zero attached hydrogens (tertiary/aromatic N) is 1. The van der Waals surface area contributed by atoms with Crippen LogP contribution < -0.4 is 0 Å². The smallest absolute Gasteiger partial charge is 0.368 e. The average molecular weight is 267 g/mol. The van der Waals surface area contributed by atoms with Gasteiger partial charge in [0.2, 0.25) is 0 Å². The second-order valence-electron chi connectivity index (χ2n) is 4.64. The van der Waals surface area contributed by atoms with Crippen molar-refractivity contribution in [2.45, 2.75) is 24.6 Å². The van der Waals surface area contributed by atoms with Gasteiger partial charge in [0, 0.05) is 13.0 Å². The maximum absolute atomic E-state index is 11.1. The van der Waals surface area contributed by atoms with Crippen molar-refractivity contribution in [1.29, 1.82) is 0 Å². The van der Waals surface area contributed by atoms with Gasteiger partial charge in [-0.3, -0.25) is 4.57 Å². The van der Waals surface area contributed by atoms with Crippen LogP contribution in [0.3, 0.4) is 0 Å². The molecule has 0 aromatic rings. The minimum Gasteiger partial charge on any atom is -0.479 e. The van der Waals surface area contributed by atoms with Gasteiger partial charge in [-0.15, -0.1) is 0 Å². The summed E-state index contributed by atoms with van der Waals surface area (Å²) in [7, 11) is -3.24. The zero-order valence-corrected chi connectivity index (χ0v) is 10.5. The van der Waals surface area contributed by atoms with Gasteiger partial charge in [-0.1, -0.05) is 0 Å². The topological polar surface area (TPSA) is 118 Å². The maximum atomic E-state index is 11.1. The van der Waals surface area contributed by atoms with Crippen molar-refractivity contribution >= 4 is 13.6 Å². The maximum Gasteiger partial charge on any atom is 0.368 e. The van der Waals surface area contributed by atoms with E-state index in [-0.39, 0.29) is 5.92 Å². The summed E-state index contributed by atoms with van der Waals surface area (Å²) < 4.78 is 11.1. The first-order chi connectivity index (χ1) is 7.67. The van der Waals surface area contributed by atoms with Crippen LogP contribution in [0.4, 0.5) is 0 Å². The summed E-state index contributed by atoms with van der Waals surface area (Å²) in [6.07, 6.45) is 1.08. The molecule has 1 heterocycles. The Morgan fingerprint density at radius 1 is 1.53 bits per heavy atom. The molecular formula is C9H18NO6P. The van der Waals surface area contributed by atoms with Crippen LogP contribution >= 0.6 is 7.60 Å². The van der Waals surface area contributed by atoms with Gasteiger partial charge in [0.1, 0.15) is 0 Å². The summed E-state index contributed by atoms with van der Waals surface area (Å²) in [4.78, 5) is 30.8. The lowest BCUT2D eigenvalue weighted by molar-refractivity contribution is -0.153. The first kappa shape index (κ1) is 14.6. The number of hydrogen-bond acceptors (Lipinski definition) is 4. The van der Waals surface area contributed by atoms with Crippen molar-refractivity contribution in [2.75, 3.05) is 20.1 Å². The molecule has 0 aliphatic carbocycles. The number of carboxylic acid groups (broad SMARTS) is 1. The lowest BCUT2D eigenvalue weighted by atomic mass is 9.92. The van der Waals surface area contributed by atoms with Gasteiger partial charge in [0.15, 0.2) is 0 Å². The number of aliphatic carboxylic acids is 1. The van der Waals surface area contributed by atoms with Crippen molar-refractivity contribution in [3.05, 3.63) is 0 Å². The quantitative estimate of drug-likeness (QED) is 0.515.